The lowest BCUT2D eigenvalue weighted by Gasteiger charge is -2.14. The molecular formula is C24H26ClN3O4. The number of nitrogens with zero attached hydrogens (tertiary/aromatic N) is 2. The number of ether oxygens (including phenoxy) is 2. The van der Waals surface area contributed by atoms with Gasteiger partial charge in [-0.2, -0.15) is 4.98 Å². The van der Waals surface area contributed by atoms with Gasteiger partial charge in [-0.3, -0.25) is 4.79 Å². The van der Waals surface area contributed by atoms with Gasteiger partial charge in [-0.25, -0.2) is 0 Å². The summed E-state index contributed by atoms with van der Waals surface area (Å²) in [6.07, 6.45) is 2.61. The zero-order valence-corrected chi connectivity index (χ0v) is 19.1. The van der Waals surface area contributed by atoms with Gasteiger partial charge in [-0.1, -0.05) is 16.8 Å². The molecule has 0 saturated heterocycles. The Bertz CT molecular complexity index is 1080. The van der Waals surface area contributed by atoms with Gasteiger partial charge in [0.25, 0.3) is 5.89 Å². The Hall–Kier alpha value is -3.06. The molecule has 4 rings (SSSR count). The van der Waals surface area contributed by atoms with Crippen LogP contribution in [0.4, 0.5) is 5.69 Å². The van der Waals surface area contributed by atoms with Crippen molar-refractivity contribution in [1.29, 1.82) is 0 Å². The molecule has 1 saturated carbocycles. The highest BCUT2D eigenvalue weighted by Crippen LogP contribution is 2.32. The maximum absolute atomic E-state index is 11.7. The van der Waals surface area contributed by atoms with Gasteiger partial charge in [0.1, 0.15) is 5.75 Å². The van der Waals surface area contributed by atoms with E-state index in [1.165, 1.54) is 7.11 Å². The zero-order valence-electron chi connectivity index (χ0n) is 18.3. The largest absolute Gasteiger partial charge is 0.489 e. The van der Waals surface area contributed by atoms with E-state index in [0.717, 1.165) is 36.1 Å². The standard InChI is InChI=1S/C24H26ClN3O4/c1-14(2)31-21-11-7-16(13-20(21)25)23-27-22(28-32-23)15-4-8-18(9-5-15)26-19-10-6-17(12-19)24(29)30-3/h4-5,7-9,11,13-14,17,19,26H,6,10,12H2,1-3H3/t17-,19?/m1/s1. The van der Waals surface area contributed by atoms with Crippen molar-refractivity contribution >= 4 is 23.3 Å². The lowest BCUT2D eigenvalue weighted by atomic mass is 10.1. The SMILES string of the molecule is COC(=O)[C@@H]1CCC(Nc2ccc(-c3noc(-c4ccc(OC(C)C)c(Cl)c4)n3)cc2)C1. The highest BCUT2D eigenvalue weighted by molar-refractivity contribution is 6.32. The number of methoxy groups -OCH3 is 1. The Labute approximate surface area is 192 Å². The normalized spacial score (nSPS) is 18.0. The molecule has 2 aromatic carbocycles. The molecule has 0 amide bonds. The third-order valence-corrected chi connectivity index (χ3v) is 5.74. The van der Waals surface area contributed by atoms with Crippen LogP contribution in [0.2, 0.25) is 5.02 Å². The smallest absolute Gasteiger partial charge is 0.308 e. The van der Waals surface area contributed by atoms with Gasteiger partial charge in [0.05, 0.1) is 24.2 Å². The number of rotatable bonds is 7. The molecule has 2 atom stereocenters. The molecule has 1 aromatic heterocycles. The van der Waals surface area contributed by atoms with Crippen LogP contribution in [0.15, 0.2) is 47.0 Å². The summed E-state index contributed by atoms with van der Waals surface area (Å²) < 4.78 is 16.0. The van der Waals surface area contributed by atoms with Crippen LogP contribution in [0.25, 0.3) is 22.8 Å². The Morgan fingerprint density at radius 2 is 1.91 bits per heavy atom. The van der Waals surface area contributed by atoms with E-state index in [2.05, 4.69) is 15.5 Å². The first-order valence-electron chi connectivity index (χ1n) is 10.7. The van der Waals surface area contributed by atoms with Gasteiger partial charge in [0.15, 0.2) is 0 Å². The fraction of sp³-hybridized carbons (Fsp3) is 0.375. The summed E-state index contributed by atoms with van der Waals surface area (Å²) in [5.74, 6) is 1.36. The van der Waals surface area contributed by atoms with Crippen LogP contribution in [0.5, 0.6) is 5.75 Å². The maximum atomic E-state index is 11.7. The average molecular weight is 456 g/mol. The number of benzene rings is 2. The van der Waals surface area contributed by atoms with Crippen molar-refractivity contribution in [3.8, 4) is 28.6 Å². The average Bonchev–Trinajstić information content (AvgIpc) is 3.45. The van der Waals surface area contributed by atoms with Crippen LogP contribution in [-0.4, -0.2) is 35.4 Å². The fourth-order valence-electron chi connectivity index (χ4n) is 3.89. The van der Waals surface area contributed by atoms with Gasteiger partial charge < -0.3 is 19.3 Å². The van der Waals surface area contributed by atoms with Crippen molar-refractivity contribution in [3.05, 3.63) is 47.5 Å². The minimum atomic E-state index is -0.124. The Balaban J connectivity index is 1.41. The van der Waals surface area contributed by atoms with Crippen LogP contribution in [0.3, 0.4) is 0 Å². The molecular weight excluding hydrogens is 430 g/mol. The van der Waals surface area contributed by atoms with E-state index in [9.17, 15) is 4.79 Å². The molecule has 0 aliphatic heterocycles. The predicted molar refractivity (Wildman–Crippen MR) is 123 cm³/mol. The molecule has 1 aliphatic rings. The molecule has 1 unspecified atom stereocenters. The number of carbonyl (C=O) groups excluding carboxylic acids is 1. The second-order valence-corrected chi connectivity index (χ2v) is 8.59. The van der Waals surface area contributed by atoms with E-state index in [-0.39, 0.29) is 24.0 Å². The topological polar surface area (TPSA) is 86.5 Å². The lowest BCUT2D eigenvalue weighted by molar-refractivity contribution is -0.145. The number of nitrogens with one attached hydrogen (secondary N) is 1. The van der Waals surface area contributed by atoms with Crippen molar-refractivity contribution in [2.45, 2.75) is 45.3 Å². The van der Waals surface area contributed by atoms with Gasteiger partial charge >= 0.3 is 5.97 Å². The first-order valence-corrected chi connectivity index (χ1v) is 11.1. The summed E-state index contributed by atoms with van der Waals surface area (Å²) in [7, 11) is 1.44. The minimum Gasteiger partial charge on any atom is -0.489 e. The Kier molecular flexibility index (Phi) is 6.65. The highest BCUT2D eigenvalue weighted by atomic mass is 35.5. The van der Waals surface area contributed by atoms with Gasteiger partial charge in [-0.15, -0.1) is 0 Å². The highest BCUT2D eigenvalue weighted by Gasteiger charge is 2.30. The predicted octanol–water partition coefficient (Wildman–Crippen LogP) is 5.60. The molecule has 168 valence electrons. The molecule has 8 heteroatoms. The quantitative estimate of drug-likeness (QED) is 0.464. The molecule has 1 heterocycles. The first kappa shape index (κ1) is 22.1. The van der Waals surface area contributed by atoms with Crippen molar-refractivity contribution < 1.29 is 18.8 Å². The molecule has 1 aliphatic carbocycles. The summed E-state index contributed by atoms with van der Waals surface area (Å²) >= 11 is 6.32. The van der Waals surface area contributed by atoms with Crippen LogP contribution in [-0.2, 0) is 9.53 Å². The van der Waals surface area contributed by atoms with Crippen molar-refractivity contribution in [2.75, 3.05) is 12.4 Å². The van der Waals surface area contributed by atoms with Crippen molar-refractivity contribution in [2.24, 2.45) is 5.92 Å². The minimum absolute atomic E-state index is 0.0194. The summed E-state index contributed by atoms with van der Waals surface area (Å²) in [5.41, 5.74) is 2.56. The zero-order chi connectivity index (χ0) is 22.7. The number of carbonyl (C=O) groups is 1. The number of anilines is 1. The maximum Gasteiger partial charge on any atom is 0.308 e. The summed E-state index contributed by atoms with van der Waals surface area (Å²) in [6, 6.07) is 13.5. The fourth-order valence-corrected chi connectivity index (χ4v) is 4.11. The van der Waals surface area contributed by atoms with E-state index < -0.39 is 0 Å². The molecule has 7 nitrogen and oxygen atoms in total. The summed E-state index contributed by atoms with van der Waals surface area (Å²) in [4.78, 5) is 16.2. The molecule has 3 aromatic rings. The molecule has 1 N–H and O–H groups in total. The number of aromatic nitrogens is 2. The van der Waals surface area contributed by atoms with Crippen LogP contribution < -0.4 is 10.1 Å². The number of halogens is 1. The molecule has 0 bridgehead atoms. The van der Waals surface area contributed by atoms with Crippen LogP contribution in [0, 0.1) is 5.92 Å². The molecule has 32 heavy (non-hydrogen) atoms. The number of hydrogen-bond donors (Lipinski definition) is 1. The van der Waals surface area contributed by atoms with Crippen LogP contribution >= 0.6 is 11.6 Å². The monoisotopic (exact) mass is 455 g/mol. The first-order chi connectivity index (χ1) is 15.4. The lowest BCUT2D eigenvalue weighted by Crippen LogP contribution is -2.18. The van der Waals surface area contributed by atoms with Crippen LogP contribution in [0.1, 0.15) is 33.1 Å². The van der Waals surface area contributed by atoms with Gasteiger partial charge in [-0.05, 0) is 75.6 Å². The third-order valence-electron chi connectivity index (χ3n) is 5.45. The number of esters is 1. The third kappa shape index (κ3) is 5.05. The van der Waals surface area contributed by atoms with Gasteiger partial charge in [0.2, 0.25) is 5.82 Å². The van der Waals surface area contributed by atoms with Crippen molar-refractivity contribution in [3.63, 3.8) is 0 Å². The molecule has 0 radical (unpaired) electrons. The van der Waals surface area contributed by atoms with E-state index >= 15 is 0 Å². The summed E-state index contributed by atoms with van der Waals surface area (Å²) in [6.45, 7) is 3.89. The second-order valence-electron chi connectivity index (χ2n) is 8.19. The second kappa shape index (κ2) is 9.61. The Morgan fingerprint density at radius 3 is 2.59 bits per heavy atom. The van der Waals surface area contributed by atoms with E-state index in [1.54, 1.807) is 12.1 Å². The Morgan fingerprint density at radius 1 is 1.16 bits per heavy atom. The molecule has 1 fully saturated rings. The molecule has 0 spiro atoms. The van der Waals surface area contributed by atoms with Gasteiger partial charge in [0, 0.05) is 22.9 Å². The van der Waals surface area contributed by atoms with E-state index in [4.69, 9.17) is 25.6 Å². The van der Waals surface area contributed by atoms with E-state index in [0.29, 0.717) is 22.5 Å². The van der Waals surface area contributed by atoms with Crippen molar-refractivity contribution in [1.82, 2.24) is 10.1 Å². The summed E-state index contributed by atoms with van der Waals surface area (Å²) in [5, 5.41) is 8.08. The number of hydrogen-bond acceptors (Lipinski definition) is 7. The van der Waals surface area contributed by atoms with E-state index in [1.807, 2.05) is 44.2 Å².